The molecule has 4 rings (SSSR count). The van der Waals surface area contributed by atoms with Crippen LogP contribution in [-0.4, -0.2) is 85.4 Å². The number of aliphatic carboxylic acids is 1. The molecule has 3 amide bonds. The summed E-state index contributed by atoms with van der Waals surface area (Å²) >= 11 is 0. The zero-order valence-electron chi connectivity index (χ0n) is 23.7. The summed E-state index contributed by atoms with van der Waals surface area (Å²) < 4.78 is 0. The van der Waals surface area contributed by atoms with Crippen LogP contribution in [0.25, 0.3) is 21.8 Å². The lowest BCUT2D eigenvalue weighted by Crippen LogP contribution is -2.61. The fourth-order valence-corrected chi connectivity index (χ4v) is 4.93. The molecule has 13 nitrogen and oxygen atoms in total. The molecule has 10 N–H and O–H groups in total. The molecule has 2 aromatic heterocycles. The quantitative estimate of drug-likeness (QED) is 0.103. The number of hydrogen-bond acceptors (Lipinski definition) is 7. The Bertz CT molecular complexity index is 1610. The van der Waals surface area contributed by atoms with Crippen molar-refractivity contribution >= 4 is 45.5 Å². The number of benzene rings is 2. The number of carbonyl (C=O) groups is 4. The maximum Gasteiger partial charge on any atom is 0.328 e. The van der Waals surface area contributed by atoms with E-state index in [0.29, 0.717) is 5.56 Å². The van der Waals surface area contributed by atoms with Crippen molar-refractivity contribution in [1.29, 1.82) is 0 Å². The summed E-state index contributed by atoms with van der Waals surface area (Å²) in [5, 5.41) is 38.7. The Balaban J connectivity index is 1.51. The van der Waals surface area contributed by atoms with Gasteiger partial charge < -0.3 is 47.0 Å². The van der Waals surface area contributed by atoms with Crippen LogP contribution >= 0.6 is 0 Å². The highest BCUT2D eigenvalue weighted by atomic mass is 16.4. The predicted octanol–water partition coefficient (Wildman–Crippen LogP) is 0.0623. The maximum absolute atomic E-state index is 13.4. The van der Waals surface area contributed by atoms with Crippen LogP contribution in [0.4, 0.5) is 0 Å². The van der Waals surface area contributed by atoms with Gasteiger partial charge in [-0.05, 0) is 43.5 Å². The van der Waals surface area contributed by atoms with Gasteiger partial charge in [0.1, 0.15) is 12.1 Å². The van der Waals surface area contributed by atoms with Gasteiger partial charge in [-0.1, -0.05) is 36.4 Å². The molecule has 43 heavy (non-hydrogen) atoms. The van der Waals surface area contributed by atoms with Gasteiger partial charge in [0.25, 0.3) is 0 Å². The van der Waals surface area contributed by atoms with E-state index in [-0.39, 0.29) is 12.8 Å². The monoisotopic (exact) mass is 592 g/mol. The molecule has 0 aliphatic heterocycles. The molecule has 0 aliphatic carbocycles. The normalized spacial score (nSPS) is 15.7. The molecule has 0 bridgehead atoms. The first-order valence-electron chi connectivity index (χ1n) is 13.8. The van der Waals surface area contributed by atoms with Gasteiger partial charge in [0.15, 0.2) is 6.04 Å². The third-order valence-electron chi connectivity index (χ3n) is 7.29. The van der Waals surface area contributed by atoms with Crippen molar-refractivity contribution in [2.75, 3.05) is 0 Å². The maximum atomic E-state index is 13.4. The number of nitrogens with two attached hydrogens (primary N) is 1. The molecule has 0 radical (unpaired) electrons. The van der Waals surface area contributed by atoms with Crippen LogP contribution in [-0.2, 0) is 32.0 Å². The number of para-hydroxylation sites is 2. The van der Waals surface area contributed by atoms with Gasteiger partial charge in [-0.2, -0.15) is 0 Å². The van der Waals surface area contributed by atoms with Crippen molar-refractivity contribution in [3.05, 3.63) is 72.1 Å². The van der Waals surface area contributed by atoms with E-state index in [1.165, 1.54) is 13.8 Å². The number of carboxylic acid groups (broad SMARTS) is 1. The summed E-state index contributed by atoms with van der Waals surface area (Å²) in [5.74, 6) is -3.91. The van der Waals surface area contributed by atoms with E-state index in [2.05, 4.69) is 25.9 Å². The molecule has 6 unspecified atom stereocenters. The van der Waals surface area contributed by atoms with Crippen molar-refractivity contribution in [2.24, 2.45) is 5.73 Å². The first-order valence-corrected chi connectivity index (χ1v) is 13.8. The molecule has 6 atom stereocenters. The molecule has 0 spiro atoms. The summed E-state index contributed by atoms with van der Waals surface area (Å²) in [6.07, 6.45) is 0.722. The minimum atomic E-state index is -1.63. The SMILES string of the molecule is CC(O)C(NC(=O)C(Cc1c[nH]c2ccccc12)NC(=O)C(NC(=O)C(N)Cc1c[nH]c2ccccc12)C(C)O)C(=O)O. The van der Waals surface area contributed by atoms with Gasteiger partial charge in [-0.3, -0.25) is 14.4 Å². The van der Waals surface area contributed by atoms with Gasteiger partial charge >= 0.3 is 5.97 Å². The smallest absolute Gasteiger partial charge is 0.328 e. The summed E-state index contributed by atoms with van der Waals surface area (Å²) in [6.45, 7) is 2.52. The minimum absolute atomic E-state index is 0.0612. The lowest BCUT2D eigenvalue weighted by atomic mass is 10.0. The average molecular weight is 593 g/mol. The van der Waals surface area contributed by atoms with E-state index in [0.717, 1.165) is 27.4 Å². The molecular formula is C30H36N6O7. The molecule has 4 aromatic rings. The number of amides is 3. The lowest BCUT2D eigenvalue weighted by Gasteiger charge is -2.27. The molecule has 0 aliphatic rings. The number of aromatic amines is 2. The molecule has 0 saturated carbocycles. The highest BCUT2D eigenvalue weighted by Crippen LogP contribution is 2.20. The number of hydrogen-bond donors (Lipinski definition) is 9. The van der Waals surface area contributed by atoms with E-state index < -0.39 is 60.1 Å². The minimum Gasteiger partial charge on any atom is -0.480 e. The zero-order chi connectivity index (χ0) is 31.3. The number of aliphatic hydroxyl groups is 2. The second-order valence-electron chi connectivity index (χ2n) is 10.6. The standard InChI is InChI=1S/C30H36N6O7/c1-15(37)25(35-27(39)21(31)11-17-13-32-22-9-5-3-7-19(17)22)29(41)34-24(28(40)36-26(16(2)38)30(42)43)12-18-14-33-23-10-6-4-8-20(18)23/h3-10,13-16,21,24-26,32-33,37-38H,11-12,31H2,1-2H3,(H,34,41)(H,35,39)(H,36,40)(H,42,43). The summed E-state index contributed by atoms with van der Waals surface area (Å²) in [7, 11) is 0. The number of nitrogens with one attached hydrogen (secondary N) is 5. The summed E-state index contributed by atoms with van der Waals surface area (Å²) in [4.78, 5) is 57.5. The van der Waals surface area contributed by atoms with Crippen molar-refractivity contribution in [3.8, 4) is 0 Å². The molecule has 0 saturated heterocycles. The average Bonchev–Trinajstić information content (AvgIpc) is 3.57. The predicted molar refractivity (Wildman–Crippen MR) is 159 cm³/mol. The molecular weight excluding hydrogens is 556 g/mol. The number of carboxylic acids is 1. The highest BCUT2D eigenvalue weighted by Gasteiger charge is 2.34. The van der Waals surface area contributed by atoms with Crippen molar-refractivity contribution < 1.29 is 34.5 Å². The Morgan fingerprint density at radius 2 is 1.21 bits per heavy atom. The van der Waals surface area contributed by atoms with E-state index in [1.54, 1.807) is 18.5 Å². The fraction of sp³-hybridized carbons (Fsp3) is 0.333. The molecule has 2 heterocycles. The number of aromatic nitrogens is 2. The number of rotatable bonds is 13. The summed E-state index contributed by atoms with van der Waals surface area (Å²) in [5.41, 5.74) is 9.29. The number of carbonyl (C=O) groups excluding carboxylic acids is 3. The van der Waals surface area contributed by atoms with Gasteiger partial charge in [0.05, 0.1) is 18.2 Å². The van der Waals surface area contributed by atoms with Gasteiger partial charge in [-0.15, -0.1) is 0 Å². The van der Waals surface area contributed by atoms with Gasteiger partial charge in [-0.25, -0.2) is 4.79 Å². The van der Waals surface area contributed by atoms with Crippen molar-refractivity contribution in [2.45, 2.75) is 63.1 Å². The lowest BCUT2D eigenvalue weighted by molar-refractivity contribution is -0.145. The van der Waals surface area contributed by atoms with E-state index in [9.17, 15) is 34.5 Å². The van der Waals surface area contributed by atoms with E-state index in [4.69, 9.17) is 5.73 Å². The fourth-order valence-electron chi connectivity index (χ4n) is 4.93. The third-order valence-corrected chi connectivity index (χ3v) is 7.29. The Kier molecular flexibility index (Phi) is 9.80. The third kappa shape index (κ3) is 7.38. The van der Waals surface area contributed by atoms with Crippen LogP contribution in [0.15, 0.2) is 60.9 Å². The van der Waals surface area contributed by atoms with Gasteiger partial charge in [0, 0.05) is 40.6 Å². The topological polar surface area (TPSA) is 223 Å². The van der Waals surface area contributed by atoms with Gasteiger partial charge in [0.2, 0.25) is 17.7 Å². The molecule has 228 valence electrons. The van der Waals surface area contributed by atoms with Crippen LogP contribution < -0.4 is 21.7 Å². The Morgan fingerprint density at radius 1 is 0.721 bits per heavy atom. The van der Waals surface area contributed by atoms with E-state index >= 15 is 0 Å². The number of H-pyrrole nitrogens is 2. The number of fused-ring (bicyclic) bond motifs is 2. The molecule has 0 fully saturated rings. The van der Waals surface area contributed by atoms with Crippen LogP contribution in [0, 0.1) is 0 Å². The van der Waals surface area contributed by atoms with Crippen LogP contribution in [0.3, 0.4) is 0 Å². The summed E-state index contributed by atoms with van der Waals surface area (Å²) in [6, 6.07) is 9.31. The Morgan fingerprint density at radius 3 is 1.72 bits per heavy atom. The van der Waals surface area contributed by atoms with Crippen LogP contribution in [0.5, 0.6) is 0 Å². The second kappa shape index (κ2) is 13.5. The first kappa shape index (κ1) is 31.2. The Hall–Kier alpha value is -4.72. The highest BCUT2D eigenvalue weighted by molar-refractivity contribution is 5.95. The first-order chi connectivity index (χ1) is 20.5. The van der Waals surface area contributed by atoms with Crippen molar-refractivity contribution in [1.82, 2.24) is 25.9 Å². The van der Waals surface area contributed by atoms with E-state index in [1.807, 2.05) is 42.5 Å². The Labute approximate surface area is 246 Å². The molecule has 13 heteroatoms. The van der Waals surface area contributed by atoms with Crippen LogP contribution in [0.2, 0.25) is 0 Å². The van der Waals surface area contributed by atoms with Crippen molar-refractivity contribution in [3.63, 3.8) is 0 Å². The zero-order valence-corrected chi connectivity index (χ0v) is 23.7. The largest absolute Gasteiger partial charge is 0.480 e. The second-order valence-corrected chi connectivity index (χ2v) is 10.6. The molecule has 2 aromatic carbocycles. The number of aliphatic hydroxyl groups excluding tert-OH is 2. The van der Waals surface area contributed by atoms with Crippen LogP contribution in [0.1, 0.15) is 25.0 Å².